The lowest BCUT2D eigenvalue weighted by Gasteiger charge is -1.87. The fourth-order valence-electron chi connectivity index (χ4n) is 1.02. The van der Waals surface area contributed by atoms with Crippen LogP contribution in [0.4, 0.5) is 0 Å². The predicted octanol–water partition coefficient (Wildman–Crippen LogP) is 1.86. The summed E-state index contributed by atoms with van der Waals surface area (Å²) < 4.78 is 0. The van der Waals surface area contributed by atoms with Crippen molar-refractivity contribution in [2.24, 2.45) is 0 Å². The van der Waals surface area contributed by atoms with Crippen molar-refractivity contribution in [3.63, 3.8) is 0 Å². The molecule has 0 radical (unpaired) electrons. The summed E-state index contributed by atoms with van der Waals surface area (Å²) in [5, 5.41) is 18.7. The van der Waals surface area contributed by atoms with Gasteiger partial charge in [-0.2, -0.15) is 0 Å². The quantitative estimate of drug-likeness (QED) is 0.803. The number of hydrogen-bond donors (Lipinski definition) is 2. The van der Waals surface area contributed by atoms with Gasteiger partial charge in [-0.3, -0.25) is 9.59 Å². The lowest BCUT2D eigenvalue weighted by molar-refractivity contribution is -0.137. The van der Waals surface area contributed by atoms with E-state index in [0.717, 1.165) is 10.4 Å². The first-order valence-electron chi connectivity index (χ1n) is 4.25. The normalized spacial score (nSPS) is 10.7. The van der Waals surface area contributed by atoms with E-state index >= 15 is 0 Å². The van der Waals surface area contributed by atoms with Gasteiger partial charge in [0.15, 0.2) is 0 Å². The molecule has 80 valence electrons. The lowest BCUT2D eigenvalue weighted by atomic mass is 10.2. The number of aliphatic carboxylic acids is 2. The van der Waals surface area contributed by atoms with Crippen LogP contribution in [0.5, 0.6) is 0 Å². The Morgan fingerprint density at radius 1 is 1.33 bits per heavy atom. The van der Waals surface area contributed by atoms with Gasteiger partial charge in [-0.15, -0.1) is 11.3 Å². The molecule has 2 N–H and O–H groups in total. The van der Waals surface area contributed by atoms with Gasteiger partial charge in [0.1, 0.15) is 0 Å². The highest BCUT2D eigenvalue weighted by Gasteiger charge is 2.02. The van der Waals surface area contributed by atoms with Gasteiger partial charge in [-0.1, -0.05) is 12.2 Å². The Balaban J connectivity index is 2.56. The minimum absolute atomic E-state index is 0.0113. The SMILES string of the molecule is O=C(O)CC=Cc1csc(CC(=O)O)c1. The molecule has 0 atom stereocenters. The molecule has 0 saturated heterocycles. The standard InChI is InChI=1S/C10H10O4S/c11-9(12)3-1-2-7-4-8(15-6-7)5-10(13)14/h1-2,4,6H,3,5H2,(H,11,12)(H,13,14). The average molecular weight is 226 g/mol. The van der Waals surface area contributed by atoms with Gasteiger partial charge < -0.3 is 10.2 Å². The summed E-state index contributed by atoms with van der Waals surface area (Å²) in [6, 6.07) is 1.75. The molecule has 0 bridgehead atoms. The van der Waals surface area contributed by atoms with Gasteiger partial charge in [0.2, 0.25) is 0 Å². The van der Waals surface area contributed by atoms with Crippen LogP contribution in [0, 0.1) is 0 Å². The molecule has 0 fully saturated rings. The van der Waals surface area contributed by atoms with Gasteiger partial charge in [0.25, 0.3) is 0 Å². The second-order valence-electron chi connectivity index (χ2n) is 2.92. The Labute approximate surface area is 90.5 Å². The van der Waals surface area contributed by atoms with Crippen LogP contribution in [0.25, 0.3) is 6.08 Å². The summed E-state index contributed by atoms with van der Waals surface area (Å²) in [6.07, 6.45) is 3.20. The van der Waals surface area contributed by atoms with E-state index in [0.29, 0.717) is 0 Å². The van der Waals surface area contributed by atoms with Crippen molar-refractivity contribution < 1.29 is 19.8 Å². The number of hydrogen-bond acceptors (Lipinski definition) is 3. The zero-order chi connectivity index (χ0) is 11.3. The summed E-state index contributed by atoms with van der Waals surface area (Å²) in [6.45, 7) is 0. The molecular weight excluding hydrogens is 216 g/mol. The highest BCUT2D eigenvalue weighted by Crippen LogP contribution is 2.16. The molecule has 0 saturated carbocycles. The van der Waals surface area contributed by atoms with Crippen LogP contribution in [0.3, 0.4) is 0 Å². The first-order valence-corrected chi connectivity index (χ1v) is 5.13. The smallest absolute Gasteiger partial charge is 0.308 e. The third kappa shape index (κ3) is 4.42. The van der Waals surface area contributed by atoms with E-state index in [1.807, 2.05) is 0 Å². The molecule has 0 aromatic carbocycles. The molecule has 0 unspecified atom stereocenters. The fourth-order valence-corrected chi connectivity index (χ4v) is 1.87. The minimum atomic E-state index is -0.882. The van der Waals surface area contributed by atoms with Crippen molar-refractivity contribution in [2.45, 2.75) is 12.8 Å². The molecule has 0 aliphatic heterocycles. The number of carbonyl (C=O) groups is 2. The zero-order valence-electron chi connectivity index (χ0n) is 7.84. The number of rotatable bonds is 5. The van der Waals surface area contributed by atoms with E-state index < -0.39 is 11.9 Å². The molecule has 1 heterocycles. The highest BCUT2D eigenvalue weighted by atomic mass is 32.1. The van der Waals surface area contributed by atoms with E-state index in [1.165, 1.54) is 17.4 Å². The molecule has 0 aliphatic carbocycles. The van der Waals surface area contributed by atoms with Crippen molar-refractivity contribution in [3.8, 4) is 0 Å². The third-order valence-corrected chi connectivity index (χ3v) is 2.56. The van der Waals surface area contributed by atoms with Gasteiger partial charge in [0, 0.05) is 4.88 Å². The van der Waals surface area contributed by atoms with Crippen LogP contribution in [0.1, 0.15) is 16.9 Å². The fraction of sp³-hybridized carbons (Fsp3) is 0.200. The summed E-state index contributed by atoms with van der Waals surface area (Å²) in [4.78, 5) is 21.4. The van der Waals surface area contributed by atoms with Gasteiger partial charge in [0.05, 0.1) is 12.8 Å². The molecule has 0 amide bonds. The molecule has 5 heteroatoms. The number of thiophene rings is 1. The minimum Gasteiger partial charge on any atom is -0.481 e. The molecule has 1 aromatic heterocycles. The molecule has 4 nitrogen and oxygen atoms in total. The molecule has 0 aliphatic rings. The second-order valence-corrected chi connectivity index (χ2v) is 3.91. The number of carboxylic acid groups (broad SMARTS) is 2. The van der Waals surface area contributed by atoms with Crippen LogP contribution in [-0.2, 0) is 16.0 Å². The summed E-state index contributed by atoms with van der Waals surface area (Å²) in [7, 11) is 0. The van der Waals surface area contributed by atoms with E-state index in [1.54, 1.807) is 17.5 Å². The van der Waals surface area contributed by atoms with E-state index in [2.05, 4.69) is 0 Å². The molecule has 0 spiro atoms. The van der Waals surface area contributed by atoms with Crippen molar-refractivity contribution in [1.82, 2.24) is 0 Å². The van der Waals surface area contributed by atoms with Crippen molar-refractivity contribution in [1.29, 1.82) is 0 Å². The van der Waals surface area contributed by atoms with Crippen molar-refractivity contribution in [2.75, 3.05) is 0 Å². The molecular formula is C10H10O4S. The first kappa shape index (κ1) is 11.5. The largest absolute Gasteiger partial charge is 0.481 e. The Bertz CT molecular complexity index is 392. The summed E-state index contributed by atoms with van der Waals surface area (Å²) in [5.74, 6) is -1.75. The Morgan fingerprint density at radius 3 is 2.67 bits per heavy atom. The maximum atomic E-state index is 10.4. The van der Waals surface area contributed by atoms with Crippen LogP contribution >= 0.6 is 11.3 Å². The summed E-state index contributed by atoms with van der Waals surface area (Å²) in [5.41, 5.74) is 0.845. The number of carboxylic acids is 2. The Kier molecular flexibility index (Phi) is 4.05. The van der Waals surface area contributed by atoms with Crippen LogP contribution in [0.2, 0.25) is 0 Å². The Morgan fingerprint density at radius 2 is 2.07 bits per heavy atom. The molecule has 15 heavy (non-hydrogen) atoms. The third-order valence-electron chi connectivity index (χ3n) is 1.60. The molecule has 1 aromatic rings. The summed E-state index contributed by atoms with van der Waals surface area (Å²) >= 11 is 1.36. The average Bonchev–Trinajstić information content (AvgIpc) is 2.50. The van der Waals surface area contributed by atoms with Gasteiger partial charge >= 0.3 is 11.9 Å². The van der Waals surface area contributed by atoms with Gasteiger partial charge in [-0.25, -0.2) is 0 Å². The maximum Gasteiger partial charge on any atom is 0.308 e. The van der Waals surface area contributed by atoms with Crippen LogP contribution in [0.15, 0.2) is 17.5 Å². The van der Waals surface area contributed by atoms with Crippen molar-refractivity contribution >= 4 is 29.4 Å². The van der Waals surface area contributed by atoms with E-state index in [4.69, 9.17) is 10.2 Å². The highest BCUT2D eigenvalue weighted by molar-refractivity contribution is 7.10. The molecule has 1 rings (SSSR count). The second kappa shape index (κ2) is 5.31. The topological polar surface area (TPSA) is 74.6 Å². The monoisotopic (exact) mass is 226 g/mol. The van der Waals surface area contributed by atoms with E-state index in [9.17, 15) is 9.59 Å². The zero-order valence-corrected chi connectivity index (χ0v) is 8.66. The van der Waals surface area contributed by atoms with E-state index in [-0.39, 0.29) is 12.8 Å². The maximum absolute atomic E-state index is 10.4. The van der Waals surface area contributed by atoms with Crippen LogP contribution < -0.4 is 0 Å². The first-order chi connectivity index (χ1) is 7.08. The Hall–Kier alpha value is -1.62. The van der Waals surface area contributed by atoms with Crippen molar-refractivity contribution in [3.05, 3.63) is 28.0 Å². The van der Waals surface area contributed by atoms with Gasteiger partial charge in [-0.05, 0) is 17.0 Å². The van der Waals surface area contributed by atoms with Crippen LogP contribution in [-0.4, -0.2) is 22.2 Å². The lowest BCUT2D eigenvalue weighted by Crippen LogP contribution is -1.97. The predicted molar refractivity (Wildman–Crippen MR) is 56.9 cm³/mol.